The molecule has 2 atom stereocenters. The summed E-state index contributed by atoms with van der Waals surface area (Å²) in [4.78, 5) is 2.36. The molecule has 2 rings (SSSR count). The lowest BCUT2D eigenvalue weighted by molar-refractivity contribution is -0.0553. The van der Waals surface area contributed by atoms with E-state index in [1.165, 1.54) is 6.07 Å². The normalized spacial score (nSPS) is 22.1. The van der Waals surface area contributed by atoms with Crippen LogP contribution in [0.1, 0.15) is 19.4 Å². The summed E-state index contributed by atoms with van der Waals surface area (Å²) in [5.74, 6) is 5.46. The molecule has 1 aliphatic rings. The van der Waals surface area contributed by atoms with Crippen molar-refractivity contribution in [3.63, 3.8) is 0 Å². The van der Waals surface area contributed by atoms with Crippen molar-refractivity contribution in [1.82, 2.24) is 10.3 Å². The van der Waals surface area contributed by atoms with Crippen LogP contribution in [0, 0.1) is 5.82 Å². The average Bonchev–Trinajstić information content (AvgIpc) is 2.46. The molecule has 20 heavy (non-hydrogen) atoms. The lowest BCUT2D eigenvalue weighted by Gasteiger charge is -2.38. The number of morpholine rings is 1. The van der Waals surface area contributed by atoms with E-state index in [9.17, 15) is 4.39 Å². The molecule has 0 saturated carbocycles. The third kappa shape index (κ3) is 3.76. The first-order chi connectivity index (χ1) is 9.61. The second-order valence-corrected chi connectivity index (χ2v) is 5.57. The van der Waals surface area contributed by atoms with Gasteiger partial charge in [0.1, 0.15) is 5.82 Å². The standard InChI is InChI=1S/C15H24FN3O/c1-11(2)19-7-8-20-15(10-19)14(18-17)9-12-5-3-4-6-13(12)16/h3-6,11,14-15,18H,7-10,17H2,1-2H3. The predicted octanol–water partition coefficient (Wildman–Crippen LogP) is 1.31. The quantitative estimate of drug-likeness (QED) is 0.631. The smallest absolute Gasteiger partial charge is 0.126 e. The van der Waals surface area contributed by atoms with Gasteiger partial charge in [-0.2, -0.15) is 0 Å². The minimum atomic E-state index is -0.190. The van der Waals surface area contributed by atoms with Crippen LogP contribution in [0.5, 0.6) is 0 Å². The largest absolute Gasteiger partial charge is 0.374 e. The number of hydrogen-bond acceptors (Lipinski definition) is 4. The number of nitrogens with zero attached hydrogens (tertiary/aromatic N) is 1. The Morgan fingerprint density at radius 1 is 1.45 bits per heavy atom. The predicted molar refractivity (Wildman–Crippen MR) is 77.7 cm³/mol. The Kier molecular flexibility index (Phi) is 5.48. The summed E-state index contributed by atoms with van der Waals surface area (Å²) in [7, 11) is 0. The number of benzene rings is 1. The van der Waals surface area contributed by atoms with Crippen molar-refractivity contribution in [1.29, 1.82) is 0 Å². The summed E-state index contributed by atoms with van der Waals surface area (Å²) in [6, 6.07) is 7.20. The second kappa shape index (κ2) is 7.13. The molecule has 1 saturated heterocycles. The minimum Gasteiger partial charge on any atom is -0.374 e. The van der Waals surface area contributed by atoms with E-state index in [4.69, 9.17) is 10.6 Å². The zero-order valence-electron chi connectivity index (χ0n) is 12.2. The Labute approximate surface area is 120 Å². The molecule has 0 aromatic heterocycles. The van der Waals surface area contributed by atoms with E-state index in [-0.39, 0.29) is 18.0 Å². The molecular weight excluding hydrogens is 257 g/mol. The van der Waals surface area contributed by atoms with Crippen molar-refractivity contribution < 1.29 is 9.13 Å². The summed E-state index contributed by atoms with van der Waals surface area (Å²) >= 11 is 0. The highest BCUT2D eigenvalue weighted by atomic mass is 19.1. The van der Waals surface area contributed by atoms with Crippen LogP contribution in [-0.4, -0.2) is 42.8 Å². The maximum atomic E-state index is 13.7. The van der Waals surface area contributed by atoms with Crippen molar-refractivity contribution in [2.75, 3.05) is 19.7 Å². The monoisotopic (exact) mass is 281 g/mol. The highest BCUT2D eigenvalue weighted by molar-refractivity contribution is 5.18. The number of hydrazine groups is 1. The summed E-state index contributed by atoms with van der Waals surface area (Å²) in [5.41, 5.74) is 3.46. The van der Waals surface area contributed by atoms with E-state index in [1.54, 1.807) is 12.1 Å². The molecule has 1 aromatic carbocycles. The highest BCUT2D eigenvalue weighted by Gasteiger charge is 2.29. The molecule has 4 nitrogen and oxygen atoms in total. The zero-order chi connectivity index (χ0) is 14.5. The zero-order valence-corrected chi connectivity index (χ0v) is 12.2. The number of nitrogens with one attached hydrogen (secondary N) is 1. The fourth-order valence-corrected chi connectivity index (χ4v) is 2.61. The Morgan fingerprint density at radius 3 is 2.85 bits per heavy atom. The first kappa shape index (κ1) is 15.4. The summed E-state index contributed by atoms with van der Waals surface area (Å²) in [5, 5.41) is 0. The average molecular weight is 281 g/mol. The molecule has 112 valence electrons. The van der Waals surface area contributed by atoms with Gasteiger partial charge in [-0.3, -0.25) is 16.2 Å². The molecule has 0 spiro atoms. The minimum absolute atomic E-state index is 0.0178. The lowest BCUT2D eigenvalue weighted by atomic mass is 9.99. The van der Waals surface area contributed by atoms with Crippen LogP contribution in [0.2, 0.25) is 0 Å². The number of hydrogen-bond donors (Lipinski definition) is 2. The van der Waals surface area contributed by atoms with Crippen LogP contribution >= 0.6 is 0 Å². The Balaban J connectivity index is 2.03. The van der Waals surface area contributed by atoms with E-state index < -0.39 is 0 Å². The Hall–Kier alpha value is -1.01. The van der Waals surface area contributed by atoms with Crippen LogP contribution in [0.4, 0.5) is 4.39 Å². The van der Waals surface area contributed by atoms with Gasteiger partial charge in [0.05, 0.1) is 18.8 Å². The number of nitrogens with two attached hydrogens (primary N) is 1. The van der Waals surface area contributed by atoms with Crippen molar-refractivity contribution in [3.05, 3.63) is 35.6 Å². The topological polar surface area (TPSA) is 50.5 Å². The van der Waals surface area contributed by atoms with Crippen molar-refractivity contribution in [2.24, 2.45) is 5.84 Å². The van der Waals surface area contributed by atoms with Gasteiger partial charge in [0, 0.05) is 19.1 Å². The van der Waals surface area contributed by atoms with Crippen molar-refractivity contribution in [3.8, 4) is 0 Å². The summed E-state index contributed by atoms with van der Waals surface area (Å²) in [6.45, 7) is 6.79. The van der Waals surface area contributed by atoms with Gasteiger partial charge in [-0.05, 0) is 31.9 Å². The molecular formula is C15H24FN3O. The molecule has 2 unspecified atom stereocenters. The molecule has 5 heteroatoms. The van der Waals surface area contributed by atoms with Crippen LogP contribution in [0.15, 0.2) is 24.3 Å². The third-order valence-electron chi connectivity index (χ3n) is 3.92. The van der Waals surface area contributed by atoms with Gasteiger partial charge in [-0.15, -0.1) is 0 Å². The van der Waals surface area contributed by atoms with Gasteiger partial charge >= 0.3 is 0 Å². The van der Waals surface area contributed by atoms with E-state index in [1.807, 2.05) is 6.07 Å². The molecule has 1 aliphatic heterocycles. The molecule has 0 amide bonds. The molecule has 1 heterocycles. The van der Waals surface area contributed by atoms with Gasteiger partial charge < -0.3 is 4.74 Å². The second-order valence-electron chi connectivity index (χ2n) is 5.57. The Bertz CT molecular complexity index is 427. The first-order valence-corrected chi connectivity index (χ1v) is 7.17. The molecule has 1 fully saturated rings. The maximum absolute atomic E-state index is 13.7. The molecule has 0 radical (unpaired) electrons. The van der Waals surface area contributed by atoms with Gasteiger partial charge in [-0.25, -0.2) is 4.39 Å². The van der Waals surface area contributed by atoms with E-state index in [2.05, 4.69) is 24.2 Å². The van der Waals surface area contributed by atoms with Crippen LogP contribution in [0.25, 0.3) is 0 Å². The summed E-state index contributed by atoms with van der Waals surface area (Å²) in [6.07, 6.45) is 0.510. The maximum Gasteiger partial charge on any atom is 0.126 e. The molecule has 0 bridgehead atoms. The van der Waals surface area contributed by atoms with Crippen LogP contribution < -0.4 is 11.3 Å². The first-order valence-electron chi connectivity index (χ1n) is 7.17. The summed E-state index contributed by atoms with van der Waals surface area (Å²) < 4.78 is 19.6. The molecule has 0 aliphatic carbocycles. The van der Waals surface area contributed by atoms with E-state index >= 15 is 0 Å². The highest BCUT2D eigenvalue weighted by Crippen LogP contribution is 2.16. The molecule has 1 aromatic rings. The SMILES string of the molecule is CC(C)N1CCOC(C(Cc2ccccc2F)NN)C1. The fourth-order valence-electron chi connectivity index (χ4n) is 2.61. The van der Waals surface area contributed by atoms with Gasteiger partial charge in [0.25, 0.3) is 0 Å². The van der Waals surface area contributed by atoms with Crippen molar-refractivity contribution in [2.45, 2.75) is 38.5 Å². The number of ether oxygens (including phenoxy) is 1. The fraction of sp³-hybridized carbons (Fsp3) is 0.600. The van der Waals surface area contributed by atoms with Crippen molar-refractivity contribution >= 4 is 0 Å². The number of halogens is 1. The van der Waals surface area contributed by atoms with Gasteiger partial charge in [0.2, 0.25) is 0 Å². The number of rotatable bonds is 5. The van der Waals surface area contributed by atoms with E-state index in [0.29, 0.717) is 24.6 Å². The Morgan fingerprint density at radius 2 is 2.20 bits per heavy atom. The van der Waals surface area contributed by atoms with Gasteiger partial charge in [-0.1, -0.05) is 18.2 Å². The van der Waals surface area contributed by atoms with Crippen LogP contribution in [-0.2, 0) is 11.2 Å². The van der Waals surface area contributed by atoms with Gasteiger partial charge in [0.15, 0.2) is 0 Å². The molecule has 3 N–H and O–H groups in total. The van der Waals surface area contributed by atoms with Crippen LogP contribution in [0.3, 0.4) is 0 Å². The van der Waals surface area contributed by atoms with E-state index in [0.717, 1.165) is 13.1 Å². The third-order valence-corrected chi connectivity index (χ3v) is 3.92. The lowest BCUT2D eigenvalue weighted by Crippen LogP contribution is -2.56.